The number of hydrogen-bond acceptors (Lipinski definition) is 2. The van der Waals surface area contributed by atoms with E-state index < -0.39 is 0 Å². The summed E-state index contributed by atoms with van der Waals surface area (Å²) in [6.07, 6.45) is 3.99. The van der Waals surface area contributed by atoms with Gasteiger partial charge in [0.25, 0.3) is 0 Å². The molecule has 0 heterocycles. The van der Waals surface area contributed by atoms with Crippen molar-refractivity contribution in [1.82, 2.24) is 5.32 Å². The number of rotatable bonds is 8. The minimum Gasteiger partial charge on any atom is -0.396 e. The van der Waals surface area contributed by atoms with Crippen LogP contribution in [0.2, 0.25) is 0 Å². The summed E-state index contributed by atoms with van der Waals surface area (Å²) in [6, 6.07) is 4.96. The molecular weight excluding hydrogens is 217 g/mol. The average Bonchev–Trinajstić information content (AvgIpc) is 2.30. The third-order valence-corrected chi connectivity index (χ3v) is 2.89. The molecular formula is C14H22FNO. The van der Waals surface area contributed by atoms with Gasteiger partial charge in [0, 0.05) is 6.61 Å². The van der Waals surface area contributed by atoms with E-state index in [2.05, 4.69) is 5.32 Å². The summed E-state index contributed by atoms with van der Waals surface area (Å²) in [5, 5.41) is 12.0. The predicted octanol–water partition coefficient (Wildman–Crippen LogP) is 2.43. The number of benzene rings is 1. The van der Waals surface area contributed by atoms with E-state index in [1.165, 1.54) is 11.6 Å². The Labute approximate surface area is 103 Å². The van der Waals surface area contributed by atoms with E-state index >= 15 is 0 Å². The molecule has 2 nitrogen and oxygen atoms in total. The predicted molar refractivity (Wildman–Crippen MR) is 68.6 cm³/mol. The number of aryl methyl sites for hydroxylation is 1. The molecule has 0 bridgehead atoms. The normalized spacial score (nSPS) is 10.8. The number of nitrogens with one attached hydrogen (secondary N) is 1. The first-order valence-electron chi connectivity index (χ1n) is 6.30. The number of unbranched alkanes of at least 4 members (excludes halogenated alkanes) is 2. The maximum absolute atomic E-state index is 12.9. The highest BCUT2D eigenvalue weighted by Gasteiger charge is 1.99. The third-order valence-electron chi connectivity index (χ3n) is 2.89. The van der Waals surface area contributed by atoms with E-state index in [0.717, 1.165) is 44.3 Å². The van der Waals surface area contributed by atoms with E-state index in [4.69, 9.17) is 5.11 Å². The van der Waals surface area contributed by atoms with Crippen LogP contribution in [-0.4, -0.2) is 24.8 Å². The molecule has 0 amide bonds. The molecule has 0 radical (unpaired) electrons. The van der Waals surface area contributed by atoms with Gasteiger partial charge < -0.3 is 10.4 Å². The van der Waals surface area contributed by atoms with Gasteiger partial charge in [-0.25, -0.2) is 4.39 Å². The zero-order chi connectivity index (χ0) is 12.5. The van der Waals surface area contributed by atoms with Crippen LogP contribution in [0.5, 0.6) is 0 Å². The first-order valence-corrected chi connectivity index (χ1v) is 6.30. The average molecular weight is 239 g/mol. The van der Waals surface area contributed by atoms with E-state index in [1.54, 1.807) is 6.07 Å². The lowest BCUT2D eigenvalue weighted by molar-refractivity contribution is 0.283. The largest absolute Gasteiger partial charge is 0.396 e. The Balaban J connectivity index is 2.14. The molecule has 17 heavy (non-hydrogen) atoms. The minimum absolute atomic E-state index is 0.164. The van der Waals surface area contributed by atoms with E-state index in [-0.39, 0.29) is 12.4 Å². The molecule has 0 aliphatic heterocycles. The highest BCUT2D eigenvalue weighted by Crippen LogP contribution is 2.10. The Kier molecular flexibility index (Phi) is 6.82. The molecule has 0 saturated heterocycles. The second-order valence-corrected chi connectivity index (χ2v) is 4.36. The summed E-state index contributed by atoms with van der Waals surface area (Å²) < 4.78 is 12.9. The van der Waals surface area contributed by atoms with Gasteiger partial charge in [-0.05, 0) is 69.0 Å². The van der Waals surface area contributed by atoms with Crippen molar-refractivity contribution in [2.45, 2.75) is 32.6 Å². The maximum Gasteiger partial charge on any atom is 0.123 e. The van der Waals surface area contributed by atoms with Crippen LogP contribution in [0.3, 0.4) is 0 Å². The second-order valence-electron chi connectivity index (χ2n) is 4.36. The monoisotopic (exact) mass is 239 g/mol. The van der Waals surface area contributed by atoms with E-state index in [1.807, 2.05) is 13.0 Å². The summed E-state index contributed by atoms with van der Waals surface area (Å²) in [5.74, 6) is -0.164. The van der Waals surface area contributed by atoms with Crippen molar-refractivity contribution < 1.29 is 9.50 Å². The van der Waals surface area contributed by atoms with Gasteiger partial charge in [-0.15, -0.1) is 0 Å². The fourth-order valence-electron chi connectivity index (χ4n) is 1.83. The molecule has 2 N–H and O–H groups in total. The number of aliphatic hydroxyl groups excluding tert-OH is 1. The summed E-state index contributed by atoms with van der Waals surface area (Å²) in [4.78, 5) is 0. The van der Waals surface area contributed by atoms with Crippen LogP contribution in [0.4, 0.5) is 4.39 Å². The van der Waals surface area contributed by atoms with Gasteiger partial charge in [0.2, 0.25) is 0 Å². The van der Waals surface area contributed by atoms with Crippen LogP contribution in [-0.2, 0) is 6.42 Å². The lowest BCUT2D eigenvalue weighted by atomic mass is 10.1. The molecule has 1 aromatic carbocycles. The summed E-state index contributed by atoms with van der Waals surface area (Å²) >= 11 is 0. The van der Waals surface area contributed by atoms with Crippen LogP contribution in [0, 0.1) is 12.7 Å². The lowest BCUT2D eigenvalue weighted by Crippen LogP contribution is -2.18. The lowest BCUT2D eigenvalue weighted by Gasteiger charge is -2.07. The number of halogens is 1. The summed E-state index contributed by atoms with van der Waals surface area (Å²) in [5.41, 5.74) is 2.22. The molecule has 0 spiro atoms. The fourth-order valence-corrected chi connectivity index (χ4v) is 1.83. The highest BCUT2D eigenvalue weighted by molar-refractivity contribution is 5.26. The van der Waals surface area contributed by atoms with Gasteiger partial charge in [-0.3, -0.25) is 0 Å². The minimum atomic E-state index is -0.164. The van der Waals surface area contributed by atoms with Gasteiger partial charge in [-0.1, -0.05) is 6.07 Å². The van der Waals surface area contributed by atoms with Crippen LogP contribution < -0.4 is 5.32 Å². The fraction of sp³-hybridized carbons (Fsp3) is 0.571. The molecule has 0 aliphatic carbocycles. The molecule has 3 heteroatoms. The van der Waals surface area contributed by atoms with E-state index in [9.17, 15) is 4.39 Å². The smallest absolute Gasteiger partial charge is 0.123 e. The molecule has 0 aromatic heterocycles. The molecule has 0 unspecified atom stereocenters. The van der Waals surface area contributed by atoms with Crippen molar-refractivity contribution in [3.8, 4) is 0 Å². The molecule has 0 aliphatic rings. The maximum atomic E-state index is 12.9. The van der Waals surface area contributed by atoms with E-state index in [0.29, 0.717) is 0 Å². The van der Waals surface area contributed by atoms with Gasteiger partial charge in [0.1, 0.15) is 5.82 Å². The molecule has 1 rings (SSSR count). The summed E-state index contributed by atoms with van der Waals surface area (Å²) in [7, 11) is 0. The van der Waals surface area contributed by atoms with Crippen LogP contribution in [0.15, 0.2) is 18.2 Å². The summed E-state index contributed by atoms with van der Waals surface area (Å²) in [6.45, 7) is 4.14. The quantitative estimate of drug-likeness (QED) is 0.683. The zero-order valence-electron chi connectivity index (χ0n) is 10.5. The molecule has 0 fully saturated rings. The van der Waals surface area contributed by atoms with Crippen LogP contribution >= 0.6 is 0 Å². The Morgan fingerprint density at radius 1 is 1.18 bits per heavy atom. The van der Waals surface area contributed by atoms with Gasteiger partial charge >= 0.3 is 0 Å². The van der Waals surface area contributed by atoms with Crippen molar-refractivity contribution in [2.24, 2.45) is 0 Å². The Morgan fingerprint density at radius 3 is 2.71 bits per heavy atom. The zero-order valence-corrected chi connectivity index (χ0v) is 10.5. The molecule has 1 aromatic rings. The molecule has 0 saturated carbocycles. The van der Waals surface area contributed by atoms with Crippen LogP contribution in [0.1, 0.15) is 30.4 Å². The van der Waals surface area contributed by atoms with Crippen molar-refractivity contribution in [3.63, 3.8) is 0 Å². The van der Waals surface area contributed by atoms with Gasteiger partial charge in [0.15, 0.2) is 0 Å². The van der Waals surface area contributed by atoms with Crippen molar-refractivity contribution >= 4 is 0 Å². The number of hydrogen-bond donors (Lipinski definition) is 2. The van der Waals surface area contributed by atoms with Gasteiger partial charge in [-0.2, -0.15) is 0 Å². The van der Waals surface area contributed by atoms with Crippen molar-refractivity contribution in [1.29, 1.82) is 0 Å². The SMILES string of the molecule is Cc1cc(F)ccc1CCNCCCCCO. The topological polar surface area (TPSA) is 32.3 Å². The first-order chi connectivity index (χ1) is 8.24. The standard InChI is InChI=1S/C14H22FNO/c1-12-11-14(15)6-5-13(12)7-9-16-8-3-2-4-10-17/h5-6,11,16-17H,2-4,7-10H2,1H3. The van der Waals surface area contributed by atoms with Crippen molar-refractivity contribution in [3.05, 3.63) is 35.1 Å². The second kappa shape index (κ2) is 8.20. The first kappa shape index (κ1) is 14.1. The number of aliphatic hydroxyl groups is 1. The Morgan fingerprint density at radius 2 is 2.00 bits per heavy atom. The molecule has 0 atom stereocenters. The van der Waals surface area contributed by atoms with Crippen LogP contribution in [0.25, 0.3) is 0 Å². The highest BCUT2D eigenvalue weighted by atomic mass is 19.1. The van der Waals surface area contributed by atoms with Gasteiger partial charge in [0.05, 0.1) is 0 Å². The Bertz CT molecular complexity index is 328. The Hall–Kier alpha value is -0.930. The third kappa shape index (κ3) is 5.80. The molecule has 96 valence electrons. The van der Waals surface area contributed by atoms with Crippen molar-refractivity contribution in [2.75, 3.05) is 19.7 Å².